The van der Waals surface area contributed by atoms with Crippen LogP contribution < -0.4 is 5.32 Å². The van der Waals surface area contributed by atoms with Crippen molar-refractivity contribution in [1.82, 2.24) is 15.3 Å². The molecule has 1 N–H and O–H groups in total. The number of aryl methyl sites for hydroxylation is 1. The Morgan fingerprint density at radius 2 is 2.06 bits per heavy atom. The molecule has 17 heavy (non-hydrogen) atoms. The highest BCUT2D eigenvalue weighted by atomic mass is 14.9. The van der Waals surface area contributed by atoms with E-state index in [1.165, 1.54) is 5.56 Å². The van der Waals surface area contributed by atoms with Gasteiger partial charge >= 0.3 is 0 Å². The summed E-state index contributed by atoms with van der Waals surface area (Å²) in [7, 11) is 0. The predicted molar refractivity (Wildman–Crippen MR) is 68.7 cm³/mol. The standard InChI is InChI=1S/C14H17N3/c1-3-16-14(12-7-5-8-15-10-12)13-11(2)6-4-9-17-13/h4-10,14,16H,3H2,1-2H3. The number of aromatic nitrogens is 2. The molecule has 0 aromatic carbocycles. The molecular weight excluding hydrogens is 210 g/mol. The molecule has 2 heterocycles. The molecule has 3 heteroatoms. The zero-order valence-corrected chi connectivity index (χ0v) is 10.2. The Morgan fingerprint density at radius 1 is 1.24 bits per heavy atom. The number of nitrogens with zero attached hydrogens (tertiary/aromatic N) is 2. The van der Waals surface area contributed by atoms with Crippen LogP contribution in [0.15, 0.2) is 42.9 Å². The first kappa shape index (κ1) is 11.7. The fourth-order valence-corrected chi connectivity index (χ4v) is 1.92. The van der Waals surface area contributed by atoms with Gasteiger partial charge in [-0.05, 0) is 36.7 Å². The van der Waals surface area contributed by atoms with E-state index in [9.17, 15) is 0 Å². The molecule has 3 nitrogen and oxygen atoms in total. The third kappa shape index (κ3) is 2.68. The van der Waals surface area contributed by atoms with Crippen molar-refractivity contribution in [1.29, 1.82) is 0 Å². The van der Waals surface area contributed by atoms with Crippen molar-refractivity contribution in [3.8, 4) is 0 Å². The third-order valence-electron chi connectivity index (χ3n) is 2.75. The highest BCUT2D eigenvalue weighted by molar-refractivity contribution is 5.30. The summed E-state index contributed by atoms with van der Waals surface area (Å²) in [4.78, 5) is 8.66. The summed E-state index contributed by atoms with van der Waals surface area (Å²) in [5.74, 6) is 0. The van der Waals surface area contributed by atoms with Gasteiger partial charge in [0.15, 0.2) is 0 Å². The van der Waals surface area contributed by atoms with E-state index in [-0.39, 0.29) is 6.04 Å². The van der Waals surface area contributed by atoms with Gasteiger partial charge in [-0.15, -0.1) is 0 Å². The normalized spacial score (nSPS) is 12.4. The molecule has 0 saturated carbocycles. The minimum Gasteiger partial charge on any atom is -0.305 e. The fourth-order valence-electron chi connectivity index (χ4n) is 1.92. The van der Waals surface area contributed by atoms with E-state index in [0.29, 0.717) is 0 Å². The van der Waals surface area contributed by atoms with E-state index in [1.807, 2.05) is 24.5 Å². The van der Waals surface area contributed by atoms with Crippen molar-refractivity contribution < 1.29 is 0 Å². The topological polar surface area (TPSA) is 37.8 Å². The molecule has 1 atom stereocenters. The summed E-state index contributed by atoms with van der Waals surface area (Å²) < 4.78 is 0. The molecule has 2 aromatic rings. The lowest BCUT2D eigenvalue weighted by atomic mass is 10.0. The van der Waals surface area contributed by atoms with Gasteiger partial charge in [-0.25, -0.2) is 0 Å². The van der Waals surface area contributed by atoms with Crippen molar-refractivity contribution in [3.63, 3.8) is 0 Å². The smallest absolute Gasteiger partial charge is 0.0768 e. The first-order valence-corrected chi connectivity index (χ1v) is 5.87. The van der Waals surface area contributed by atoms with Crippen molar-refractivity contribution in [2.24, 2.45) is 0 Å². The first-order chi connectivity index (χ1) is 8.33. The molecule has 2 rings (SSSR count). The maximum Gasteiger partial charge on any atom is 0.0768 e. The Balaban J connectivity index is 2.39. The second-order valence-electron chi connectivity index (χ2n) is 3.98. The van der Waals surface area contributed by atoms with E-state index in [2.05, 4.69) is 41.3 Å². The molecule has 0 saturated heterocycles. The van der Waals surface area contributed by atoms with E-state index >= 15 is 0 Å². The molecule has 0 aliphatic rings. The van der Waals surface area contributed by atoms with Gasteiger partial charge in [0, 0.05) is 18.6 Å². The van der Waals surface area contributed by atoms with Crippen LogP contribution in [0.4, 0.5) is 0 Å². The van der Waals surface area contributed by atoms with Crippen molar-refractivity contribution >= 4 is 0 Å². The number of rotatable bonds is 4. The SMILES string of the molecule is CCNC(c1cccnc1)c1ncccc1C. The van der Waals surface area contributed by atoms with Gasteiger partial charge in [0.1, 0.15) is 0 Å². The lowest BCUT2D eigenvalue weighted by Crippen LogP contribution is -2.23. The van der Waals surface area contributed by atoms with Crippen LogP contribution in [-0.4, -0.2) is 16.5 Å². The Bertz CT molecular complexity index is 468. The van der Waals surface area contributed by atoms with Gasteiger partial charge in [0.05, 0.1) is 11.7 Å². The lowest BCUT2D eigenvalue weighted by molar-refractivity contribution is 0.610. The summed E-state index contributed by atoms with van der Waals surface area (Å²) in [6.45, 7) is 5.08. The molecule has 0 fully saturated rings. The second-order valence-corrected chi connectivity index (χ2v) is 3.98. The van der Waals surface area contributed by atoms with Crippen molar-refractivity contribution in [3.05, 3.63) is 59.7 Å². The van der Waals surface area contributed by atoms with Gasteiger partial charge in [0.25, 0.3) is 0 Å². The predicted octanol–water partition coefficient (Wildman–Crippen LogP) is 2.48. The monoisotopic (exact) mass is 227 g/mol. The highest BCUT2D eigenvalue weighted by Gasteiger charge is 2.15. The molecule has 0 radical (unpaired) electrons. The molecule has 0 bridgehead atoms. The zero-order chi connectivity index (χ0) is 12.1. The summed E-state index contributed by atoms with van der Waals surface area (Å²) >= 11 is 0. The summed E-state index contributed by atoms with van der Waals surface area (Å²) in [5.41, 5.74) is 3.42. The van der Waals surface area contributed by atoms with Crippen LogP contribution in [0.3, 0.4) is 0 Å². The molecule has 1 unspecified atom stereocenters. The molecule has 2 aromatic heterocycles. The Hall–Kier alpha value is -1.74. The number of pyridine rings is 2. The molecular formula is C14H17N3. The quantitative estimate of drug-likeness (QED) is 0.872. The van der Waals surface area contributed by atoms with Gasteiger partial charge in [-0.2, -0.15) is 0 Å². The van der Waals surface area contributed by atoms with Crippen LogP contribution in [0.1, 0.15) is 29.8 Å². The average Bonchev–Trinajstić information content (AvgIpc) is 2.38. The number of hydrogen-bond acceptors (Lipinski definition) is 3. The zero-order valence-electron chi connectivity index (χ0n) is 10.2. The minimum atomic E-state index is 0.120. The number of nitrogens with one attached hydrogen (secondary N) is 1. The van der Waals surface area contributed by atoms with Crippen LogP contribution in [0.2, 0.25) is 0 Å². The first-order valence-electron chi connectivity index (χ1n) is 5.87. The van der Waals surface area contributed by atoms with Crippen LogP contribution in [0.5, 0.6) is 0 Å². The summed E-state index contributed by atoms with van der Waals surface area (Å²) in [6, 6.07) is 8.20. The highest BCUT2D eigenvalue weighted by Crippen LogP contribution is 2.21. The third-order valence-corrected chi connectivity index (χ3v) is 2.75. The van der Waals surface area contributed by atoms with Gasteiger partial charge in [-0.3, -0.25) is 9.97 Å². The fraction of sp³-hybridized carbons (Fsp3) is 0.286. The van der Waals surface area contributed by atoms with Gasteiger partial charge < -0.3 is 5.32 Å². The second kappa shape index (κ2) is 5.55. The largest absolute Gasteiger partial charge is 0.305 e. The minimum absolute atomic E-state index is 0.120. The van der Waals surface area contributed by atoms with Crippen LogP contribution in [0.25, 0.3) is 0 Å². The van der Waals surface area contributed by atoms with Crippen molar-refractivity contribution in [2.45, 2.75) is 19.9 Å². The van der Waals surface area contributed by atoms with Crippen LogP contribution in [0, 0.1) is 6.92 Å². The summed E-state index contributed by atoms with van der Waals surface area (Å²) in [5, 5.41) is 3.45. The molecule has 0 spiro atoms. The molecule has 0 amide bonds. The van der Waals surface area contributed by atoms with Gasteiger partial charge in [0.2, 0.25) is 0 Å². The van der Waals surface area contributed by atoms with Crippen LogP contribution >= 0.6 is 0 Å². The Kier molecular flexibility index (Phi) is 3.83. The summed E-state index contributed by atoms with van der Waals surface area (Å²) in [6.07, 6.45) is 5.52. The molecule has 0 aliphatic carbocycles. The maximum atomic E-state index is 4.48. The number of hydrogen-bond donors (Lipinski definition) is 1. The Labute approximate surface area is 102 Å². The molecule has 88 valence electrons. The van der Waals surface area contributed by atoms with Crippen molar-refractivity contribution in [2.75, 3.05) is 6.54 Å². The maximum absolute atomic E-state index is 4.48. The lowest BCUT2D eigenvalue weighted by Gasteiger charge is -2.19. The Morgan fingerprint density at radius 3 is 2.71 bits per heavy atom. The van der Waals surface area contributed by atoms with E-state index in [1.54, 1.807) is 6.20 Å². The van der Waals surface area contributed by atoms with E-state index < -0.39 is 0 Å². The van der Waals surface area contributed by atoms with E-state index in [4.69, 9.17) is 0 Å². The average molecular weight is 227 g/mol. The molecule has 0 aliphatic heterocycles. The van der Waals surface area contributed by atoms with E-state index in [0.717, 1.165) is 17.8 Å². The van der Waals surface area contributed by atoms with Gasteiger partial charge in [-0.1, -0.05) is 19.1 Å². The van der Waals surface area contributed by atoms with Crippen LogP contribution in [-0.2, 0) is 0 Å².